The van der Waals surface area contributed by atoms with Gasteiger partial charge < -0.3 is 0 Å². The molecule has 0 bridgehead atoms. The normalized spacial score (nSPS) is 25.8. The predicted molar refractivity (Wildman–Crippen MR) is 78.5 cm³/mol. The van der Waals surface area contributed by atoms with Crippen LogP contribution >= 0.6 is 23.2 Å². The highest BCUT2D eigenvalue weighted by atomic mass is 35.5. The van der Waals surface area contributed by atoms with Gasteiger partial charge in [0.15, 0.2) is 9.84 Å². The number of sulfonamides is 1. The van der Waals surface area contributed by atoms with Crippen LogP contribution in [0.3, 0.4) is 0 Å². The topological polar surface area (TPSA) is 80.3 Å². The zero-order valence-corrected chi connectivity index (χ0v) is 13.7. The van der Waals surface area contributed by atoms with E-state index in [9.17, 15) is 16.8 Å². The Kier molecular flexibility index (Phi) is 4.12. The van der Waals surface area contributed by atoms with Gasteiger partial charge in [-0.15, -0.1) is 0 Å². The zero-order chi connectivity index (χ0) is 15.2. The third-order valence-electron chi connectivity index (χ3n) is 3.07. The Morgan fingerprint density at radius 1 is 1.25 bits per heavy atom. The molecule has 5 nitrogen and oxygen atoms in total. The molecule has 0 aliphatic carbocycles. The smallest absolute Gasteiger partial charge is 0.229 e. The lowest BCUT2D eigenvalue weighted by Gasteiger charge is -2.24. The van der Waals surface area contributed by atoms with Crippen LogP contribution in [0.5, 0.6) is 0 Å². The second-order valence-electron chi connectivity index (χ2n) is 5.06. The van der Waals surface area contributed by atoms with Crippen molar-refractivity contribution in [2.75, 3.05) is 11.5 Å². The number of halogens is 2. The summed E-state index contributed by atoms with van der Waals surface area (Å²) in [6, 6.07) is 4.36. The van der Waals surface area contributed by atoms with E-state index in [4.69, 9.17) is 23.2 Å². The van der Waals surface area contributed by atoms with Gasteiger partial charge in [-0.2, -0.15) is 0 Å². The molecular formula is C11H13Cl2NO4S2. The Morgan fingerprint density at radius 2 is 1.80 bits per heavy atom. The summed E-state index contributed by atoms with van der Waals surface area (Å²) in [6.45, 7) is 1.56. The van der Waals surface area contributed by atoms with Crippen LogP contribution in [0.1, 0.15) is 13.3 Å². The Balaban J connectivity index is 2.38. The van der Waals surface area contributed by atoms with Gasteiger partial charge in [0.1, 0.15) is 4.90 Å². The first-order valence-corrected chi connectivity index (χ1v) is 9.79. The van der Waals surface area contributed by atoms with Crippen LogP contribution in [0.2, 0.25) is 10.0 Å². The van der Waals surface area contributed by atoms with Crippen molar-refractivity contribution < 1.29 is 16.8 Å². The molecule has 0 unspecified atom stereocenters. The molecule has 0 radical (unpaired) electrons. The molecule has 2 rings (SSSR count). The molecule has 1 N–H and O–H groups in total. The van der Waals surface area contributed by atoms with Crippen LogP contribution in [-0.4, -0.2) is 33.9 Å². The van der Waals surface area contributed by atoms with E-state index < -0.39 is 25.4 Å². The van der Waals surface area contributed by atoms with E-state index in [1.807, 2.05) is 0 Å². The molecule has 20 heavy (non-hydrogen) atoms. The quantitative estimate of drug-likeness (QED) is 0.894. The van der Waals surface area contributed by atoms with Gasteiger partial charge in [0.25, 0.3) is 0 Å². The van der Waals surface area contributed by atoms with Crippen molar-refractivity contribution in [1.82, 2.24) is 4.72 Å². The molecule has 0 aromatic heterocycles. The van der Waals surface area contributed by atoms with Gasteiger partial charge in [0.2, 0.25) is 10.0 Å². The number of hydrogen-bond acceptors (Lipinski definition) is 4. The largest absolute Gasteiger partial charge is 0.244 e. The molecule has 1 aliphatic rings. The summed E-state index contributed by atoms with van der Waals surface area (Å²) >= 11 is 11.8. The standard InChI is InChI=1S/C11H13Cl2NO4S2/c1-11(5-6-19(15,16)7-11)14-20(17,18)10-8(12)3-2-4-9(10)13/h2-4,14H,5-7H2,1H3/t11-/m1/s1. The maximum atomic E-state index is 12.4. The highest BCUT2D eigenvalue weighted by Crippen LogP contribution is 2.31. The van der Waals surface area contributed by atoms with Gasteiger partial charge >= 0.3 is 0 Å². The zero-order valence-electron chi connectivity index (χ0n) is 10.6. The van der Waals surface area contributed by atoms with E-state index in [2.05, 4.69) is 4.72 Å². The van der Waals surface area contributed by atoms with Gasteiger partial charge in [-0.25, -0.2) is 21.6 Å². The Bertz CT molecular complexity index is 725. The van der Waals surface area contributed by atoms with E-state index in [-0.39, 0.29) is 32.9 Å². The molecule has 0 saturated carbocycles. The summed E-state index contributed by atoms with van der Waals surface area (Å²) in [6.07, 6.45) is 0.219. The number of benzene rings is 1. The summed E-state index contributed by atoms with van der Waals surface area (Å²) in [4.78, 5) is -0.228. The maximum Gasteiger partial charge on any atom is 0.244 e. The molecule has 1 heterocycles. The van der Waals surface area contributed by atoms with Crippen LogP contribution < -0.4 is 4.72 Å². The van der Waals surface area contributed by atoms with Gasteiger partial charge in [-0.1, -0.05) is 29.3 Å². The first-order valence-electron chi connectivity index (χ1n) is 5.73. The molecule has 9 heteroatoms. The first kappa shape index (κ1) is 16.0. The lowest BCUT2D eigenvalue weighted by Crippen LogP contribution is -2.46. The Hall–Kier alpha value is -0.340. The van der Waals surface area contributed by atoms with Crippen molar-refractivity contribution in [1.29, 1.82) is 0 Å². The van der Waals surface area contributed by atoms with Crippen molar-refractivity contribution in [3.63, 3.8) is 0 Å². The third kappa shape index (κ3) is 3.28. The lowest BCUT2D eigenvalue weighted by atomic mass is 10.0. The fraction of sp³-hybridized carbons (Fsp3) is 0.455. The maximum absolute atomic E-state index is 12.4. The van der Waals surface area contributed by atoms with Crippen molar-refractivity contribution in [3.8, 4) is 0 Å². The minimum Gasteiger partial charge on any atom is -0.229 e. The molecule has 1 saturated heterocycles. The van der Waals surface area contributed by atoms with Crippen LogP contribution in [0.15, 0.2) is 23.1 Å². The molecule has 1 atom stereocenters. The van der Waals surface area contributed by atoms with Gasteiger partial charge in [0.05, 0.1) is 21.6 Å². The second kappa shape index (κ2) is 5.14. The fourth-order valence-electron chi connectivity index (χ4n) is 2.21. The molecule has 1 aliphatic heterocycles. The SMILES string of the molecule is C[C@@]1(NS(=O)(=O)c2c(Cl)cccc2Cl)CCS(=O)(=O)C1. The molecule has 0 spiro atoms. The van der Waals surface area contributed by atoms with Crippen LogP contribution in [0.25, 0.3) is 0 Å². The number of nitrogens with one attached hydrogen (secondary N) is 1. The minimum absolute atomic E-state index is 0.00514. The number of sulfone groups is 1. The molecule has 1 aromatic carbocycles. The molecule has 112 valence electrons. The van der Waals surface area contributed by atoms with Crippen molar-refractivity contribution >= 4 is 43.1 Å². The predicted octanol–water partition coefficient (Wildman–Crippen LogP) is 1.85. The third-order valence-corrected chi connectivity index (χ3v) is 7.57. The van der Waals surface area contributed by atoms with Crippen molar-refractivity contribution in [2.24, 2.45) is 0 Å². The number of rotatable bonds is 3. The van der Waals surface area contributed by atoms with E-state index >= 15 is 0 Å². The van der Waals surface area contributed by atoms with E-state index in [0.717, 1.165) is 0 Å². The minimum atomic E-state index is -3.99. The monoisotopic (exact) mass is 357 g/mol. The molecule has 1 fully saturated rings. The average Bonchev–Trinajstić information content (AvgIpc) is 2.50. The van der Waals surface area contributed by atoms with Crippen LogP contribution in [0.4, 0.5) is 0 Å². The van der Waals surface area contributed by atoms with E-state index in [0.29, 0.717) is 0 Å². The highest BCUT2D eigenvalue weighted by Gasteiger charge is 2.42. The molecular weight excluding hydrogens is 345 g/mol. The van der Waals surface area contributed by atoms with Gasteiger partial charge in [0, 0.05) is 5.54 Å². The average molecular weight is 358 g/mol. The van der Waals surface area contributed by atoms with E-state index in [1.165, 1.54) is 18.2 Å². The van der Waals surface area contributed by atoms with Crippen molar-refractivity contribution in [2.45, 2.75) is 23.8 Å². The lowest BCUT2D eigenvalue weighted by molar-refractivity contribution is 0.462. The summed E-state index contributed by atoms with van der Waals surface area (Å²) in [7, 11) is -7.21. The van der Waals surface area contributed by atoms with Crippen molar-refractivity contribution in [3.05, 3.63) is 28.2 Å². The second-order valence-corrected chi connectivity index (χ2v) is 9.68. The van der Waals surface area contributed by atoms with E-state index in [1.54, 1.807) is 6.92 Å². The van der Waals surface area contributed by atoms with Crippen LogP contribution in [0, 0.1) is 0 Å². The summed E-state index contributed by atoms with van der Waals surface area (Å²) in [5, 5.41) is -0.0103. The van der Waals surface area contributed by atoms with Gasteiger partial charge in [-0.05, 0) is 25.5 Å². The molecule has 1 aromatic rings. The highest BCUT2D eigenvalue weighted by molar-refractivity contribution is 7.92. The Labute approximate surface area is 128 Å². The first-order chi connectivity index (χ1) is 9.05. The molecule has 0 amide bonds. The summed E-state index contributed by atoms with van der Waals surface area (Å²) < 4.78 is 50.2. The van der Waals surface area contributed by atoms with Gasteiger partial charge in [-0.3, -0.25) is 0 Å². The number of hydrogen-bond donors (Lipinski definition) is 1. The van der Waals surface area contributed by atoms with Crippen LogP contribution in [-0.2, 0) is 19.9 Å². The summed E-state index contributed by atoms with van der Waals surface area (Å²) in [5.41, 5.74) is -1.04. The summed E-state index contributed by atoms with van der Waals surface area (Å²) in [5.74, 6) is -0.274. The Morgan fingerprint density at radius 3 is 2.25 bits per heavy atom. The fourth-order valence-corrected chi connectivity index (χ4v) is 6.97.